The normalized spacial score (nSPS) is 11.5. The SMILES string of the molecule is CCN(CC(=O)OC)S(=O)(=O)c1c[nH]c(=O)[nH]c1=O. The van der Waals surface area contributed by atoms with Gasteiger partial charge in [-0.15, -0.1) is 0 Å². The zero-order valence-corrected chi connectivity index (χ0v) is 11.1. The van der Waals surface area contributed by atoms with E-state index >= 15 is 0 Å². The lowest BCUT2D eigenvalue weighted by molar-refractivity contribution is -0.140. The number of methoxy groups -OCH3 is 1. The summed E-state index contributed by atoms with van der Waals surface area (Å²) in [6, 6.07) is 0. The third-order valence-corrected chi connectivity index (χ3v) is 4.22. The second-order valence-corrected chi connectivity index (χ2v) is 5.35. The van der Waals surface area contributed by atoms with Crippen LogP contribution in [0.5, 0.6) is 0 Å². The number of hydrogen-bond donors (Lipinski definition) is 2. The fourth-order valence-corrected chi connectivity index (χ4v) is 2.69. The molecule has 19 heavy (non-hydrogen) atoms. The highest BCUT2D eigenvalue weighted by atomic mass is 32.2. The van der Waals surface area contributed by atoms with Crippen molar-refractivity contribution in [2.75, 3.05) is 20.2 Å². The van der Waals surface area contributed by atoms with Crippen LogP contribution < -0.4 is 11.2 Å². The summed E-state index contributed by atoms with van der Waals surface area (Å²) >= 11 is 0. The maximum absolute atomic E-state index is 12.1. The van der Waals surface area contributed by atoms with Gasteiger partial charge in [0, 0.05) is 12.7 Å². The Bertz CT molecular complexity index is 674. The van der Waals surface area contributed by atoms with Gasteiger partial charge in [0.15, 0.2) is 4.90 Å². The Morgan fingerprint density at radius 3 is 2.53 bits per heavy atom. The van der Waals surface area contributed by atoms with Gasteiger partial charge in [-0.25, -0.2) is 13.2 Å². The van der Waals surface area contributed by atoms with Crippen LogP contribution in [-0.2, 0) is 19.6 Å². The van der Waals surface area contributed by atoms with Gasteiger partial charge in [0.2, 0.25) is 0 Å². The van der Waals surface area contributed by atoms with Gasteiger partial charge in [0.05, 0.1) is 7.11 Å². The van der Waals surface area contributed by atoms with Crippen LogP contribution >= 0.6 is 0 Å². The molecule has 0 aliphatic carbocycles. The molecule has 9 nitrogen and oxygen atoms in total. The molecule has 2 N–H and O–H groups in total. The Morgan fingerprint density at radius 2 is 2.05 bits per heavy atom. The van der Waals surface area contributed by atoms with Gasteiger partial charge in [-0.3, -0.25) is 14.6 Å². The Kier molecular flexibility index (Phi) is 4.62. The summed E-state index contributed by atoms with van der Waals surface area (Å²) in [5, 5.41) is 0. The molecule has 0 saturated carbocycles. The Labute approximate surface area is 108 Å². The maximum Gasteiger partial charge on any atom is 0.325 e. The lowest BCUT2D eigenvalue weighted by Crippen LogP contribution is -2.39. The van der Waals surface area contributed by atoms with Crippen molar-refractivity contribution in [3.05, 3.63) is 27.0 Å². The average Bonchev–Trinajstić information content (AvgIpc) is 2.34. The molecule has 1 aromatic heterocycles. The summed E-state index contributed by atoms with van der Waals surface area (Å²) in [5.41, 5.74) is -1.87. The molecule has 0 atom stereocenters. The quantitative estimate of drug-likeness (QED) is 0.619. The van der Waals surface area contributed by atoms with Crippen molar-refractivity contribution in [1.29, 1.82) is 0 Å². The standard InChI is InChI=1S/C9H13N3O6S/c1-3-12(5-7(13)18-2)19(16,17)6-4-10-9(15)11-8(6)14/h4H,3,5H2,1-2H3,(H2,10,11,14,15). The number of likely N-dealkylation sites (N-methyl/N-ethyl adjacent to an activating group) is 1. The molecular formula is C9H13N3O6S. The van der Waals surface area contributed by atoms with Gasteiger partial charge in [-0.2, -0.15) is 4.31 Å². The van der Waals surface area contributed by atoms with E-state index in [0.29, 0.717) is 0 Å². The molecule has 0 bridgehead atoms. The number of sulfonamides is 1. The number of H-pyrrole nitrogens is 2. The number of carbonyl (C=O) groups is 1. The third-order valence-electron chi connectivity index (χ3n) is 2.29. The van der Waals surface area contributed by atoms with Crippen LogP contribution in [0, 0.1) is 0 Å². The van der Waals surface area contributed by atoms with Crippen molar-refractivity contribution in [2.45, 2.75) is 11.8 Å². The molecule has 1 heterocycles. The first-order chi connectivity index (χ1) is 8.82. The molecule has 0 fully saturated rings. The number of rotatable bonds is 5. The van der Waals surface area contributed by atoms with Crippen molar-refractivity contribution >= 4 is 16.0 Å². The van der Waals surface area contributed by atoms with Gasteiger partial charge < -0.3 is 9.72 Å². The van der Waals surface area contributed by atoms with E-state index in [1.54, 1.807) is 4.98 Å². The number of nitrogens with one attached hydrogen (secondary N) is 2. The van der Waals surface area contributed by atoms with Gasteiger partial charge in [0.1, 0.15) is 6.54 Å². The number of nitrogens with zero attached hydrogens (tertiary/aromatic N) is 1. The van der Waals surface area contributed by atoms with Gasteiger partial charge in [-0.05, 0) is 0 Å². The highest BCUT2D eigenvalue weighted by Gasteiger charge is 2.28. The molecule has 0 aliphatic heterocycles. The molecule has 0 saturated heterocycles. The smallest absolute Gasteiger partial charge is 0.325 e. The molecule has 0 aliphatic rings. The fourth-order valence-electron chi connectivity index (χ4n) is 1.30. The van der Waals surface area contributed by atoms with Crippen LogP contribution in [-0.4, -0.2) is 48.9 Å². The zero-order valence-electron chi connectivity index (χ0n) is 10.3. The third kappa shape index (κ3) is 3.29. The lowest BCUT2D eigenvalue weighted by atomic mass is 10.6. The second-order valence-electron chi connectivity index (χ2n) is 3.44. The summed E-state index contributed by atoms with van der Waals surface area (Å²) in [6.07, 6.45) is 0.788. The van der Waals surface area contributed by atoms with Crippen LogP contribution in [0.25, 0.3) is 0 Å². The number of carbonyl (C=O) groups excluding carboxylic acids is 1. The number of esters is 1. The summed E-state index contributed by atoms with van der Waals surface area (Å²) in [7, 11) is -3.06. The maximum atomic E-state index is 12.1. The first kappa shape index (κ1) is 15.1. The van der Waals surface area contributed by atoms with E-state index in [1.807, 2.05) is 0 Å². The van der Waals surface area contributed by atoms with E-state index in [2.05, 4.69) is 9.72 Å². The summed E-state index contributed by atoms with van der Waals surface area (Å²) in [6.45, 7) is 0.949. The second kappa shape index (κ2) is 5.80. The monoisotopic (exact) mass is 291 g/mol. The molecule has 0 amide bonds. The van der Waals surface area contributed by atoms with Crippen LogP contribution in [0.15, 0.2) is 20.7 Å². The molecule has 1 rings (SSSR count). The van der Waals surface area contributed by atoms with Gasteiger partial charge in [0.25, 0.3) is 15.6 Å². The number of hydrogen-bond acceptors (Lipinski definition) is 6. The first-order valence-electron chi connectivity index (χ1n) is 5.22. The molecule has 0 unspecified atom stereocenters. The van der Waals surface area contributed by atoms with E-state index < -0.39 is 38.7 Å². The molecule has 0 spiro atoms. The highest BCUT2D eigenvalue weighted by Crippen LogP contribution is 2.09. The van der Waals surface area contributed by atoms with Crippen molar-refractivity contribution in [3.8, 4) is 0 Å². The molecule has 10 heteroatoms. The van der Waals surface area contributed by atoms with Crippen LogP contribution in [0.1, 0.15) is 6.92 Å². The summed E-state index contributed by atoms with van der Waals surface area (Å²) < 4.78 is 29.4. The highest BCUT2D eigenvalue weighted by molar-refractivity contribution is 7.89. The molecule has 1 aromatic rings. The van der Waals surface area contributed by atoms with Gasteiger partial charge >= 0.3 is 11.7 Å². The molecule has 106 valence electrons. The molecule has 0 aromatic carbocycles. The first-order valence-corrected chi connectivity index (χ1v) is 6.66. The van der Waals surface area contributed by atoms with Crippen molar-refractivity contribution in [1.82, 2.24) is 14.3 Å². The van der Waals surface area contributed by atoms with Crippen molar-refractivity contribution < 1.29 is 17.9 Å². The van der Waals surface area contributed by atoms with Crippen molar-refractivity contribution in [3.63, 3.8) is 0 Å². The average molecular weight is 291 g/mol. The van der Waals surface area contributed by atoms with Crippen LogP contribution in [0.4, 0.5) is 0 Å². The van der Waals surface area contributed by atoms with Crippen LogP contribution in [0.2, 0.25) is 0 Å². The minimum Gasteiger partial charge on any atom is -0.468 e. The van der Waals surface area contributed by atoms with E-state index in [4.69, 9.17) is 0 Å². The predicted molar refractivity (Wildman–Crippen MR) is 64.1 cm³/mol. The lowest BCUT2D eigenvalue weighted by Gasteiger charge is -2.18. The van der Waals surface area contributed by atoms with Gasteiger partial charge in [-0.1, -0.05) is 6.92 Å². The minimum atomic E-state index is -4.19. The largest absolute Gasteiger partial charge is 0.468 e. The van der Waals surface area contributed by atoms with E-state index in [0.717, 1.165) is 17.6 Å². The van der Waals surface area contributed by atoms with E-state index in [-0.39, 0.29) is 6.54 Å². The minimum absolute atomic E-state index is 0.0317. The Balaban J connectivity index is 3.24. The topological polar surface area (TPSA) is 129 Å². The van der Waals surface area contributed by atoms with Crippen LogP contribution in [0.3, 0.4) is 0 Å². The van der Waals surface area contributed by atoms with Crippen molar-refractivity contribution in [2.24, 2.45) is 0 Å². The Morgan fingerprint density at radius 1 is 1.42 bits per heavy atom. The predicted octanol–water partition coefficient (Wildman–Crippen LogP) is -1.75. The zero-order chi connectivity index (χ0) is 14.6. The number of aromatic nitrogens is 2. The number of aromatic amines is 2. The Hall–Kier alpha value is -1.94. The fraction of sp³-hybridized carbons (Fsp3) is 0.444. The number of ether oxygens (including phenoxy) is 1. The molecule has 0 radical (unpaired) electrons. The molecular weight excluding hydrogens is 278 g/mol. The summed E-state index contributed by atoms with van der Waals surface area (Å²) in [4.78, 5) is 36.7. The summed E-state index contributed by atoms with van der Waals surface area (Å²) in [5.74, 6) is -0.758. The van der Waals surface area contributed by atoms with E-state index in [1.165, 1.54) is 6.92 Å². The van der Waals surface area contributed by atoms with E-state index in [9.17, 15) is 22.8 Å².